The summed E-state index contributed by atoms with van der Waals surface area (Å²) >= 11 is 11.2. The molecule has 0 spiro atoms. The molecule has 1 atom stereocenters. The number of thiocarbonyl (C=S) groups is 1. The molecule has 0 fully saturated rings. The average molecular weight is 494 g/mol. The van der Waals surface area contributed by atoms with Gasteiger partial charge in [0.15, 0.2) is 17.3 Å². The second-order valence-electron chi connectivity index (χ2n) is 7.85. The van der Waals surface area contributed by atoms with E-state index in [1.165, 1.54) is 5.56 Å². The van der Waals surface area contributed by atoms with Crippen LogP contribution >= 0.6 is 23.8 Å². The molecule has 0 aliphatic carbocycles. The summed E-state index contributed by atoms with van der Waals surface area (Å²) in [5.74, 6) is 1.07. The van der Waals surface area contributed by atoms with Gasteiger partial charge in [-0.2, -0.15) is 0 Å². The monoisotopic (exact) mass is 493 g/mol. The summed E-state index contributed by atoms with van der Waals surface area (Å²) in [6.07, 6.45) is 1.07. The molecule has 0 radical (unpaired) electrons. The van der Waals surface area contributed by atoms with Crippen LogP contribution in [0.25, 0.3) is 22.6 Å². The summed E-state index contributed by atoms with van der Waals surface area (Å²) in [4.78, 5) is 16.8. The van der Waals surface area contributed by atoms with Crippen LogP contribution in [0.1, 0.15) is 31.7 Å². The number of carbonyl (C=O) groups excluding carboxylic acids is 1. The van der Waals surface area contributed by atoms with Crippen molar-refractivity contribution in [2.45, 2.75) is 26.2 Å². The summed E-state index contributed by atoms with van der Waals surface area (Å²) in [6, 6.07) is 20.5. The number of anilines is 1. The zero-order valence-electron chi connectivity index (χ0n) is 18.8. The Balaban J connectivity index is 1.34. The molecule has 1 unspecified atom stereocenters. The largest absolute Gasteiger partial charge is 0.482 e. The molecule has 174 valence electrons. The van der Waals surface area contributed by atoms with Crippen molar-refractivity contribution in [1.82, 2.24) is 10.3 Å². The number of hydrogen-bond donors (Lipinski definition) is 2. The first kappa shape index (κ1) is 23.7. The smallest absolute Gasteiger partial charge is 0.264 e. The lowest BCUT2D eigenvalue weighted by atomic mass is 9.98. The number of benzene rings is 3. The van der Waals surface area contributed by atoms with E-state index in [1.54, 1.807) is 24.3 Å². The van der Waals surface area contributed by atoms with Crippen molar-refractivity contribution in [3.63, 3.8) is 0 Å². The van der Waals surface area contributed by atoms with Crippen LogP contribution in [0, 0.1) is 0 Å². The molecular formula is C26H24ClN3O3S. The van der Waals surface area contributed by atoms with Crippen LogP contribution in [0.5, 0.6) is 5.75 Å². The molecule has 1 heterocycles. The van der Waals surface area contributed by atoms with E-state index in [2.05, 4.69) is 41.6 Å². The molecular weight excluding hydrogens is 470 g/mol. The van der Waals surface area contributed by atoms with E-state index in [1.807, 2.05) is 30.3 Å². The van der Waals surface area contributed by atoms with Crippen molar-refractivity contribution < 1.29 is 13.9 Å². The van der Waals surface area contributed by atoms with Crippen LogP contribution in [0.4, 0.5) is 5.69 Å². The van der Waals surface area contributed by atoms with Gasteiger partial charge >= 0.3 is 0 Å². The van der Waals surface area contributed by atoms with E-state index >= 15 is 0 Å². The number of halogens is 1. The van der Waals surface area contributed by atoms with E-state index in [0.717, 1.165) is 28.8 Å². The Labute approximate surface area is 208 Å². The molecule has 4 aromatic rings. The molecule has 1 amide bonds. The quantitative estimate of drug-likeness (QED) is 0.284. The molecule has 0 saturated carbocycles. The van der Waals surface area contributed by atoms with E-state index in [-0.39, 0.29) is 11.7 Å². The molecule has 6 nitrogen and oxygen atoms in total. The van der Waals surface area contributed by atoms with Crippen LogP contribution in [0.2, 0.25) is 5.02 Å². The number of hydrogen-bond acceptors (Lipinski definition) is 5. The van der Waals surface area contributed by atoms with Crippen LogP contribution in [-0.4, -0.2) is 22.6 Å². The SMILES string of the molecule is CCC(C)c1ccc2oc(-c3ccc(NC(=S)NC(=O)COc4ccccc4Cl)cc3)nc2c1. The highest BCUT2D eigenvalue weighted by Crippen LogP contribution is 2.28. The third-order valence-electron chi connectivity index (χ3n) is 5.43. The third kappa shape index (κ3) is 5.73. The summed E-state index contributed by atoms with van der Waals surface area (Å²) < 4.78 is 11.3. The standard InChI is InChI=1S/C26H24ClN3O3S/c1-3-16(2)18-10-13-23-21(14-18)29-25(33-23)17-8-11-19(12-9-17)28-26(34)30-24(31)15-32-22-7-5-4-6-20(22)27/h4-14,16H,3,15H2,1-2H3,(H2,28,30,31,34). The van der Waals surface area contributed by atoms with Crippen molar-refractivity contribution in [3.05, 3.63) is 77.3 Å². The minimum absolute atomic E-state index is 0.167. The molecule has 0 aliphatic heterocycles. The summed E-state index contributed by atoms with van der Waals surface area (Å²) in [7, 11) is 0. The fourth-order valence-corrected chi connectivity index (χ4v) is 3.76. The van der Waals surface area contributed by atoms with Gasteiger partial charge in [0.25, 0.3) is 5.91 Å². The third-order valence-corrected chi connectivity index (χ3v) is 5.95. The van der Waals surface area contributed by atoms with Gasteiger partial charge in [0.2, 0.25) is 5.89 Å². The zero-order valence-corrected chi connectivity index (χ0v) is 20.4. The first-order valence-electron chi connectivity index (χ1n) is 10.9. The van der Waals surface area contributed by atoms with Crippen LogP contribution in [0.15, 0.2) is 71.1 Å². The minimum Gasteiger partial charge on any atom is -0.482 e. The van der Waals surface area contributed by atoms with Crippen molar-refractivity contribution in [1.29, 1.82) is 0 Å². The fraction of sp³-hybridized carbons (Fsp3) is 0.192. The Kier molecular flexibility index (Phi) is 7.45. The van der Waals surface area contributed by atoms with Gasteiger partial charge in [0, 0.05) is 11.3 Å². The number of amides is 1. The molecule has 1 aromatic heterocycles. The van der Waals surface area contributed by atoms with Gasteiger partial charge in [0.05, 0.1) is 5.02 Å². The Hall–Kier alpha value is -3.42. The highest BCUT2D eigenvalue weighted by Gasteiger charge is 2.12. The highest BCUT2D eigenvalue weighted by molar-refractivity contribution is 7.80. The fourth-order valence-electron chi connectivity index (χ4n) is 3.34. The second-order valence-corrected chi connectivity index (χ2v) is 8.67. The Morgan fingerprint density at radius 1 is 1.15 bits per heavy atom. The van der Waals surface area contributed by atoms with Gasteiger partial charge in [0.1, 0.15) is 11.3 Å². The van der Waals surface area contributed by atoms with Gasteiger partial charge < -0.3 is 14.5 Å². The Morgan fingerprint density at radius 2 is 1.91 bits per heavy atom. The number of fused-ring (bicyclic) bond motifs is 1. The number of oxazole rings is 1. The predicted molar refractivity (Wildman–Crippen MR) is 139 cm³/mol. The maximum atomic E-state index is 12.1. The molecule has 0 saturated heterocycles. The minimum atomic E-state index is -0.391. The maximum Gasteiger partial charge on any atom is 0.264 e. The van der Waals surface area contributed by atoms with Crippen LogP contribution < -0.4 is 15.4 Å². The predicted octanol–water partition coefficient (Wildman–Crippen LogP) is 6.55. The normalized spacial score (nSPS) is 11.7. The summed E-state index contributed by atoms with van der Waals surface area (Å²) in [6.45, 7) is 4.16. The van der Waals surface area contributed by atoms with Crippen molar-refractivity contribution in [2.24, 2.45) is 0 Å². The topological polar surface area (TPSA) is 76.4 Å². The van der Waals surface area contributed by atoms with Gasteiger partial charge in [-0.3, -0.25) is 10.1 Å². The molecule has 0 bridgehead atoms. The summed E-state index contributed by atoms with van der Waals surface area (Å²) in [5, 5.41) is 6.17. The van der Waals surface area contributed by atoms with Gasteiger partial charge in [-0.25, -0.2) is 4.98 Å². The van der Waals surface area contributed by atoms with Crippen molar-refractivity contribution in [3.8, 4) is 17.2 Å². The lowest BCUT2D eigenvalue weighted by molar-refractivity contribution is -0.121. The molecule has 8 heteroatoms. The average Bonchev–Trinajstić information content (AvgIpc) is 3.27. The number of rotatable bonds is 7. The second kappa shape index (κ2) is 10.7. The van der Waals surface area contributed by atoms with Gasteiger partial charge in [-0.15, -0.1) is 0 Å². The lowest BCUT2D eigenvalue weighted by Crippen LogP contribution is -2.37. The number of nitrogens with zero attached hydrogens (tertiary/aromatic N) is 1. The highest BCUT2D eigenvalue weighted by atomic mass is 35.5. The van der Waals surface area contributed by atoms with Crippen LogP contribution in [0.3, 0.4) is 0 Å². The molecule has 4 rings (SSSR count). The lowest BCUT2D eigenvalue weighted by Gasteiger charge is -2.11. The van der Waals surface area contributed by atoms with Crippen LogP contribution in [-0.2, 0) is 4.79 Å². The van der Waals surface area contributed by atoms with E-state index < -0.39 is 5.91 Å². The van der Waals surface area contributed by atoms with Crippen molar-refractivity contribution in [2.75, 3.05) is 11.9 Å². The van der Waals surface area contributed by atoms with Gasteiger partial charge in [-0.1, -0.05) is 43.6 Å². The summed E-state index contributed by atoms with van der Waals surface area (Å²) in [5.41, 5.74) is 4.42. The number of aromatic nitrogens is 1. The zero-order chi connectivity index (χ0) is 24.1. The van der Waals surface area contributed by atoms with E-state index in [9.17, 15) is 4.79 Å². The van der Waals surface area contributed by atoms with Crippen molar-refractivity contribution >= 4 is 51.6 Å². The number of para-hydroxylation sites is 1. The Bertz CT molecular complexity index is 1320. The molecule has 0 aliphatic rings. The maximum absolute atomic E-state index is 12.1. The Morgan fingerprint density at radius 3 is 2.65 bits per heavy atom. The molecule has 3 aromatic carbocycles. The number of ether oxygens (including phenoxy) is 1. The molecule has 34 heavy (non-hydrogen) atoms. The first-order chi connectivity index (χ1) is 16.4. The van der Waals surface area contributed by atoms with E-state index in [4.69, 9.17) is 33.0 Å². The number of nitrogens with one attached hydrogen (secondary N) is 2. The van der Waals surface area contributed by atoms with E-state index in [0.29, 0.717) is 22.6 Å². The molecule has 2 N–H and O–H groups in total. The first-order valence-corrected chi connectivity index (χ1v) is 11.7. The number of carbonyl (C=O) groups is 1. The van der Waals surface area contributed by atoms with Gasteiger partial charge in [-0.05, 0) is 78.7 Å².